The zero-order chi connectivity index (χ0) is 8.43. The van der Waals surface area contributed by atoms with Gasteiger partial charge in [0.15, 0.2) is 6.10 Å². The number of aliphatic hydroxyl groups excluding tert-OH is 1. The first kappa shape index (κ1) is 8.52. The third-order valence-electron chi connectivity index (χ3n) is 1.13. The van der Waals surface area contributed by atoms with Crippen LogP contribution in [0.3, 0.4) is 0 Å². The van der Waals surface area contributed by atoms with E-state index in [4.69, 9.17) is 21.8 Å². The van der Waals surface area contributed by atoms with Gasteiger partial charge in [0.1, 0.15) is 0 Å². The van der Waals surface area contributed by atoms with Gasteiger partial charge in [0, 0.05) is 0 Å². The topological polar surface area (TPSA) is 57.5 Å². The fourth-order valence-electron chi connectivity index (χ4n) is 0.613. The molecule has 11 heavy (non-hydrogen) atoms. The molecule has 1 atom stereocenters. The summed E-state index contributed by atoms with van der Waals surface area (Å²) in [5.74, 6) is -1.28. The maximum atomic E-state index is 10.2. The highest BCUT2D eigenvalue weighted by atomic mass is 35.5. The first-order valence-electron chi connectivity index (χ1n) is 2.76. The molecule has 0 saturated heterocycles. The summed E-state index contributed by atoms with van der Waals surface area (Å²) in [6.45, 7) is 0. The number of rotatable bonds is 2. The van der Waals surface area contributed by atoms with Crippen LogP contribution in [0.4, 0.5) is 0 Å². The fourth-order valence-corrected chi connectivity index (χ4v) is 1.75. The summed E-state index contributed by atoms with van der Waals surface area (Å²) in [5.41, 5.74) is 0. The Bertz CT molecular complexity index is 271. The number of carbonyl (C=O) groups is 1. The number of halogens is 1. The van der Waals surface area contributed by atoms with E-state index in [9.17, 15) is 4.79 Å². The molecule has 0 bridgehead atoms. The number of thiophene rings is 1. The van der Waals surface area contributed by atoms with Gasteiger partial charge in [0.2, 0.25) is 0 Å². The van der Waals surface area contributed by atoms with Gasteiger partial charge in [-0.2, -0.15) is 0 Å². The number of hydrogen-bond donors (Lipinski definition) is 2. The maximum absolute atomic E-state index is 10.2. The molecule has 0 radical (unpaired) electrons. The minimum absolute atomic E-state index is 0.277. The average Bonchev–Trinajstić information content (AvgIpc) is 2.33. The van der Waals surface area contributed by atoms with Crippen LogP contribution in [0.2, 0.25) is 5.02 Å². The standard InChI is InChI=1S/C6H5ClO3S/c7-3-1-2-11-5(3)4(8)6(9)10/h1-2,4,8H,(H,9,10). The SMILES string of the molecule is O=C(O)C(O)c1sccc1Cl. The van der Waals surface area contributed by atoms with E-state index in [0.717, 1.165) is 11.3 Å². The molecule has 3 nitrogen and oxygen atoms in total. The molecule has 1 aromatic heterocycles. The molecule has 1 aromatic rings. The molecule has 0 aliphatic heterocycles. The summed E-state index contributed by atoms with van der Waals surface area (Å²) in [7, 11) is 0. The minimum atomic E-state index is -1.50. The summed E-state index contributed by atoms with van der Waals surface area (Å²) in [5, 5.41) is 19.3. The highest BCUT2D eigenvalue weighted by molar-refractivity contribution is 7.10. The molecule has 1 unspecified atom stereocenters. The van der Waals surface area contributed by atoms with Gasteiger partial charge in [-0.15, -0.1) is 11.3 Å². The Labute approximate surface area is 71.9 Å². The normalized spacial score (nSPS) is 12.9. The van der Waals surface area contributed by atoms with Crippen molar-refractivity contribution in [3.05, 3.63) is 21.3 Å². The molecule has 0 aromatic carbocycles. The lowest BCUT2D eigenvalue weighted by molar-refractivity contribution is -0.146. The Morgan fingerprint density at radius 3 is 2.73 bits per heavy atom. The molecule has 0 amide bonds. The van der Waals surface area contributed by atoms with Gasteiger partial charge in [-0.25, -0.2) is 4.79 Å². The molecule has 0 spiro atoms. The van der Waals surface area contributed by atoms with Gasteiger partial charge in [-0.1, -0.05) is 11.6 Å². The van der Waals surface area contributed by atoms with Crippen molar-refractivity contribution in [1.29, 1.82) is 0 Å². The zero-order valence-electron chi connectivity index (χ0n) is 5.32. The second-order valence-electron chi connectivity index (χ2n) is 1.87. The predicted octanol–water partition coefficient (Wildman–Crippen LogP) is 1.52. The van der Waals surface area contributed by atoms with Crippen LogP contribution in [0.15, 0.2) is 11.4 Å². The van der Waals surface area contributed by atoms with Crippen LogP contribution in [0, 0.1) is 0 Å². The Hall–Kier alpha value is -0.580. The van der Waals surface area contributed by atoms with E-state index >= 15 is 0 Å². The monoisotopic (exact) mass is 192 g/mol. The van der Waals surface area contributed by atoms with E-state index in [1.807, 2.05) is 0 Å². The van der Waals surface area contributed by atoms with Crippen molar-refractivity contribution in [3.63, 3.8) is 0 Å². The van der Waals surface area contributed by atoms with Gasteiger partial charge in [0.25, 0.3) is 0 Å². The second-order valence-corrected chi connectivity index (χ2v) is 3.23. The number of hydrogen-bond acceptors (Lipinski definition) is 3. The smallest absolute Gasteiger partial charge is 0.338 e. The third-order valence-corrected chi connectivity index (χ3v) is 2.54. The molecular formula is C6H5ClO3S. The second kappa shape index (κ2) is 3.21. The van der Waals surface area contributed by atoms with Crippen LogP contribution in [0.5, 0.6) is 0 Å². The number of carboxylic acids is 1. The zero-order valence-corrected chi connectivity index (χ0v) is 6.89. The molecule has 0 aliphatic carbocycles. The summed E-state index contributed by atoms with van der Waals surface area (Å²) < 4.78 is 0. The highest BCUT2D eigenvalue weighted by Gasteiger charge is 2.19. The molecule has 2 N–H and O–H groups in total. The number of aliphatic hydroxyl groups is 1. The fraction of sp³-hybridized carbons (Fsp3) is 0.167. The quantitative estimate of drug-likeness (QED) is 0.747. The first-order chi connectivity index (χ1) is 5.13. The van der Waals surface area contributed by atoms with Gasteiger partial charge in [0.05, 0.1) is 9.90 Å². The van der Waals surface area contributed by atoms with Crippen molar-refractivity contribution >= 4 is 28.9 Å². The van der Waals surface area contributed by atoms with Gasteiger partial charge < -0.3 is 10.2 Å². The third kappa shape index (κ3) is 1.71. The molecule has 0 saturated carbocycles. The molecule has 1 heterocycles. The molecule has 1 rings (SSSR count). The summed E-state index contributed by atoms with van der Waals surface area (Å²) in [6, 6.07) is 1.55. The lowest BCUT2D eigenvalue weighted by Crippen LogP contribution is -2.08. The molecule has 60 valence electrons. The van der Waals surface area contributed by atoms with Crippen molar-refractivity contribution in [2.24, 2.45) is 0 Å². The number of aliphatic carboxylic acids is 1. The van der Waals surface area contributed by atoms with E-state index in [2.05, 4.69) is 0 Å². The summed E-state index contributed by atoms with van der Waals surface area (Å²) in [6.07, 6.45) is -1.50. The number of carboxylic acid groups (broad SMARTS) is 1. The van der Waals surface area contributed by atoms with Crippen LogP contribution in [0.1, 0.15) is 11.0 Å². The molecular weight excluding hydrogens is 188 g/mol. The van der Waals surface area contributed by atoms with Crippen molar-refractivity contribution in [2.75, 3.05) is 0 Å². The van der Waals surface area contributed by atoms with E-state index in [1.54, 1.807) is 11.4 Å². The largest absolute Gasteiger partial charge is 0.479 e. The van der Waals surface area contributed by atoms with Crippen molar-refractivity contribution in [3.8, 4) is 0 Å². The average molecular weight is 193 g/mol. The van der Waals surface area contributed by atoms with Crippen LogP contribution >= 0.6 is 22.9 Å². The van der Waals surface area contributed by atoms with E-state index < -0.39 is 12.1 Å². The molecule has 0 aliphatic rings. The Morgan fingerprint density at radius 1 is 1.73 bits per heavy atom. The van der Waals surface area contributed by atoms with Crippen molar-refractivity contribution < 1.29 is 15.0 Å². The van der Waals surface area contributed by atoms with Gasteiger partial charge in [-0.05, 0) is 11.4 Å². The van der Waals surface area contributed by atoms with Crippen molar-refractivity contribution in [2.45, 2.75) is 6.10 Å². The lowest BCUT2D eigenvalue weighted by atomic mass is 10.3. The van der Waals surface area contributed by atoms with E-state index in [-0.39, 0.29) is 4.88 Å². The molecule has 0 fully saturated rings. The first-order valence-corrected chi connectivity index (χ1v) is 4.02. The van der Waals surface area contributed by atoms with Crippen LogP contribution in [-0.4, -0.2) is 16.2 Å². The van der Waals surface area contributed by atoms with E-state index in [0.29, 0.717) is 5.02 Å². The van der Waals surface area contributed by atoms with Crippen LogP contribution in [-0.2, 0) is 4.79 Å². The Balaban J connectivity index is 2.92. The van der Waals surface area contributed by atoms with Gasteiger partial charge in [-0.3, -0.25) is 0 Å². The van der Waals surface area contributed by atoms with Crippen LogP contribution < -0.4 is 0 Å². The molecule has 5 heteroatoms. The van der Waals surface area contributed by atoms with Gasteiger partial charge >= 0.3 is 5.97 Å². The minimum Gasteiger partial charge on any atom is -0.479 e. The Kier molecular flexibility index (Phi) is 2.49. The van der Waals surface area contributed by atoms with E-state index in [1.165, 1.54) is 0 Å². The van der Waals surface area contributed by atoms with Crippen molar-refractivity contribution in [1.82, 2.24) is 0 Å². The Morgan fingerprint density at radius 2 is 2.36 bits per heavy atom. The predicted molar refractivity (Wildman–Crippen MR) is 41.9 cm³/mol. The van der Waals surface area contributed by atoms with Crippen LogP contribution in [0.25, 0.3) is 0 Å². The maximum Gasteiger partial charge on any atom is 0.338 e. The lowest BCUT2D eigenvalue weighted by Gasteiger charge is -2.01. The summed E-state index contributed by atoms with van der Waals surface area (Å²) >= 11 is 6.69. The highest BCUT2D eigenvalue weighted by Crippen LogP contribution is 2.28. The summed E-state index contributed by atoms with van der Waals surface area (Å²) in [4.78, 5) is 10.5.